The predicted molar refractivity (Wildman–Crippen MR) is 261 cm³/mol. The largest absolute Gasteiger partial charge is 0.462 e. The van der Waals surface area contributed by atoms with Crippen LogP contribution in [0.25, 0.3) is 0 Å². The first-order valence-corrected chi connectivity index (χ1v) is 25.8. The van der Waals surface area contributed by atoms with Crippen molar-refractivity contribution in [3.63, 3.8) is 0 Å². The molecule has 0 aliphatic heterocycles. The van der Waals surface area contributed by atoms with Crippen molar-refractivity contribution in [3.05, 3.63) is 60.8 Å². The van der Waals surface area contributed by atoms with Gasteiger partial charge in [0.05, 0.1) is 6.61 Å². The lowest BCUT2D eigenvalue weighted by Gasteiger charge is -2.18. The second-order valence-electron chi connectivity index (χ2n) is 17.0. The second-order valence-corrected chi connectivity index (χ2v) is 17.0. The highest BCUT2D eigenvalue weighted by molar-refractivity contribution is 5.70. The zero-order valence-corrected chi connectivity index (χ0v) is 40.0. The van der Waals surface area contributed by atoms with Gasteiger partial charge in [0.25, 0.3) is 0 Å². The minimum atomic E-state index is -0.562. The van der Waals surface area contributed by atoms with Gasteiger partial charge in [0.2, 0.25) is 0 Å². The van der Waals surface area contributed by atoms with Gasteiger partial charge in [0.15, 0.2) is 6.10 Å². The van der Waals surface area contributed by atoms with Crippen LogP contribution >= 0.6 is 0 Å². The summed E-state index contributed by atoms with van der Waals surface area (Å²) in [6.07, 6.45) is 63.8. The molecule has 0 saturated carbocycles. The number of carbonyl (C=O) groups excluding carboxylic acids is 2. The van der Waals surface area contributed by atoms with Crippen LogP contribution in [-0.4, -0.2) is 37.9 Å². The van der Waals surface area contributed by atoms with Gasteiger partial charge >= 0.3 is 11.9 Å². The van der Waals surface area contributed by atoms with Gasteiger partial charge in [0.1, 0.15) is 6.61 Å². The number of unbranched alkanes of at least 4 members (excludes halogenated alkanes) is 26. The normalized spacial score (nSPS) is 12.7. The summed E-state index contributed by atoms with van der Waals surface area (Å²) in [4.78, 5) is 25.3. The van der Waals surface area contributed by atoms with Crippen molar-refractivity contribution in [3.8, 4) is 0 Å². The first kappa shape index (κ1) is 57.6. The molecular formula is C55H98O5. The average Bonchev–Trinajstić information content (AvgIpc) is 3.25. The molecule has 0 rings (SSSR count). The number of esters is 2. The number of ether oxygens (including phenoxy) is 3. The summed E-state index contributed by atoms with van der Waals surface area (Å²) in [5.41, 5.74) is 0. The van der Waals surface area contributed by atoms with Crippen molar-refractivity contribution in [2.24, 2.45) is 0 Å². The maximum atomic E-state index is 12.7. The molecule has 0 fully saturated rings. The zero-order valence-electron chi connectivity index (χ0n) is 40.0. The molecule has 0 N–H and O–H groups in total. The molecule has 0 aromatic heterocycles. The molecule has 0 aliphatic rings. The number of rotatable bonds is 47. The third-order valence-electron chi connectivity index (χ3n) is 11.0. The van der Waals surface area contributed by atoms with Gasteiger partial charge in [-0.25, -0.2) is 0 Å². The van der Waals surface area contributed by atoms with E-state index in [1.807, 2.05) is 0 Å². The molecule has 1 atom stereocenters. The zero-order chi connectivity index (χ0) is 43.5. The summed E-state index contributed by atoms with van der Waals surface area (Å²) in [6, 6.07) is 0. The van der Waals surface area contributed by atoms with E-state index in [2.05, 4.69) is 81.5 Å². The molecule has 0 bridgehead atoms. The molecular weight excluding hydrogens is 741 g/mol. The molecule has 0 aliphatic carbocycles. The van der Waals surface area contributed by atoms with Gasteiger partial charge in [-0.2, -0.15) is 0 Å². The molecule has 5 heteroatoms. The predicted octanol–water partition coefficient (Wildman–Crippen LogP) is 17.3. The number of hydrogen-bond donors (Lipinski definition) is 0. The molecule has 1 unspecified atom stereocenters. The van der Waals surface area contributed by atoms with Gasteiger partial charge in [0, 0.05) is 19.4 Å². The smallest absolute Gasteiger partial charge is 0.306 e. The van der Waals surface area contributed by atoms with Gasteiger partial charge in [-0.3, -0.25) is 9.59 Å². The SMILES string of the molecule is CC/C=C\C/C=C\C/C=C\C/C=C\CCCOCC(COC(=O)CCCCCCCCCCC/C=C\CCCCCCCC)OC(=O)CCCCCCCCCCCCC. The van der Waals surface area contributed by atoms with E-state index in [-0.39, 0.29) is 25.2 Å². The van der Waals surface area contributed by atoms with E-state index >= 15 is 0 Å². The lowest BCUT2D eigenvalue weighted by atomic mass is 10.1. The van der Waals surface area contributed by atoms with Crippen LogP contribution in [0.4, 0.5) is 0 Å². The third-order valence-corrected chi connectivity index (χ3v) is 11.0. The third kappa shape index (κ3) is 48.3. The molecule has 60 heavy (non-hydrogen) atoms. The van der Waals surface area contributed by atoms with E-state index in [0.717, 1.165) is 64.2 Å². The van der Waals surface area contributed by atoms with Crippen LogP contribution < -0.4 is 0 Å². The van der Waals surface area contributed by atoms with Crippen LogP contribution in [0.2, 0.25) is 0 Å². The van der Waals surface area contributed by atoms with Crippen LogP contribution in [0.1, 0.15) is 252 Å². The van der Waals surface area contributed by atoms with E-state index in [1.165, 1.54) is 154 Å². The summed E-state index contributed by atoms with van der Waals surface area (Å²) in [7, 11) is 0. The molecule has 0 heterocycles. The molecule has 0 amide bonds. The van der Waals surface area contributed by atoms with E-state index in [9.17, 15) is 9.59 Å². The quantitative estimate of drug-likeness (QED) is 0.0347. The van der Waals surface area contributed by atoms with Gasteiger partial charge < -0.3 is 14.2 Å². The lowest BCUT2D eigenvalue weighted by molar-refractivity contribution is -0.163. The van der Waals surface area contributed by atoms with Crippen molar-refractivity contribution in [1.29, 1.82) is 0 Å². The minimum Gasteiger partial charge on any atom is -0.462 e. The van der Waals surface area contributed by atoms with Gasteiger partial charge in [-0.05, 0) is 77.0 Å². The summed E-state index contributed by atoms with van der Waals surface area (Å²) >= 11 is 0. The van der Waals surface area contributed by atoms with Gasteiger partial charge in [-0.1, -0.05) is 223 Å². The Morgan fingerprint density at radius 3 is 1.22 bits per heavy atom. The Bertz CT molecular complexity index is 1040. The Kier molecular flexibility index (Phi) is 48.9. The molecule has 348 valence electrons. The molecule has 0 spiro atoms. The maximum absolute atomic E-state index is 12.7. The monoisotopic (exact) mass is 839 g/mol. The van der Waals surface area contributed by atoms with E-state index in [4.69, 9.17) is 14.2 Å². The van der Waals surface area contributed by atoms with Crippen molar-refractivity contribution in [1.82, 2.24) is 0 Å². The van der Waals surface area contributed by atoms with Crippen LogP contribution in [0, 0.1) is 0 Å². The maximum Gasteiger partial charge on any atom is 0.306 e. The lowest BCUT2D eigenvalue weighted by Crippen LogP contribution is -2.30. The Balaban J connectivity index is 4.26. The summed E-state index contributed by atoms with van der Waals surface area (Å²) in [5, 5.41) is 0. The van der Waals surface area contributed by atoms with E-state index in [1.54, 1.807) is 0 Å². The first-order chi connectivity index (χ1) is 29.6. The molecule has 0 radical (unpaired) electrons. The number of allylic oxidation sites excluding steroid dienone is 10. The van der Waals surface area contributed by atoms with Crippen LogP contribution in [0.5, 0.6) is 0 Å². The van der Waals surface area contributed by atoms with Crippen molar-refractivity contribution >= 4 is 11.9 Å². The molecule has 0 saturated heterocycles. The van der Waals surface area contributed by atoms with E-state index < -0.39 is 6.10 Å². The van der Waals surface area contributed by atoms with Crippen LogP contribution in [-0.2, 0) is 23.8 Å². The fraction of sp³-hybridized carbons (Fsp3) is 0.782. The Morgan fingerprint density at radius 2 is 0.750 bits per heavy atom. The highest BCUT2D eigenvalue weighted by atomic mass is 16.6. The fourth-order valence-electron chi connectivity index (χ4n) is 7.22. The first-order valence-electron chi connectivity index (χ1n) is 25.8. The molecule has 0 aromatic carbocycles. The summed E-state index contributed by atoms with van der Waals surface area (Å²) < 4.78 is 17.3. The molecule has 5 nitrogen and oxygen atoms in total. The Morgan fingerprint density at radius 1 is 0.383 bits per heavy atom. The van der Waals surface area contributed by atoms with Crippen LogP contribution in [0.3, 0.4) is 0 Å². The Labute approximate surface area is 373 Å². The van der Waals surface area contributed by atoms with Crippen molar-refractivity contribution in [2.45, 2.75) is 258 Å². The second kappa shape index (κ2) is 51.0. The minimum absolute atomic E-state index is 0.0641. The fourth-order valence-corrected chi connectivity index (χ4v) is 7.22. The highest BCUT2D eigenvalue weighted by Crippen LogP contribution is 2.15. The van der Waals surface area contributed by atoms with Crippen LogP contribution in [0.15, 0.2) is 60.8 Å². The number of carbonyl (C=O) groups is 2. The van der Waals surface area contributed by atoms with Crippen molar-refractivity contribution in [2.75, 3.05) is 19.8 Å². The summed E-state index contributed by atoms with van der Waals surface area (Å²) in [5.74, 6) is -0.423. The highest BCUT2D eigenvalue weighted by Gasteiger charge is 2.17. The molecule has 0 aromatic rings. The summed E-state index contributed by atoms with van der Waals surface area (Å²) in [6.45, 7) is 7.59. The topological polar surface area (TPSA) is 61.8 Å². The van der Waals surface area contributed by atoms with Crippen molar-refractivity contribution < 1.29 is 23.8 Å². The average molecular weight is 839 g/mol. The van der Waals surface area contributed by atoms with E-state index in [0.29, 0.717) is 19.4 Å². The van der Waals surface area contributed by atoms with Gasteiger partial charge in [-0.15, -0.1) is 0 Å². The Hall–Kier alpha value is -2.40. The standard InChI is InChI=1S/C55H98O5/c1-4-7-10-13-16-19-22-24-26-27-28-29-30-31-34-36-39-42-45-48-54(56)59-52-53(60-55(57)49-46-43-40-37-33-21-18-15-12-9-6-3)51-58-50-47-44-41-38-35-32-25-23-20-17-14-11-8-5-2/h8,11,17,20,24-26,32,38,41,53H,4-7,9-10,12-16,18-19,21-23,27-31,33-37,39-40,42-52H2,1-3H3/b11-8-,20-17-,26-24-,32-25-,41-38-. The number of hydrogen-bond acceptors (Lipinski definition) is 5.